The Morgan fingerprint density at radius 1 is 1.19 bits per heavy atom. The normalized spacial score (nSPS) is 16.5. The number of carbonyl (C=O) groups excluding carboxylic acids is 1. The second kappa shape index (κ2) is 9.19. The average Bonchev–Trinajstić information content (AvgIpc) is 3.42. The van der Waals surface area contributed by atoms with E-state index in [1.54, 1.807) is 6.92 Å². The summed E-state index contributed by atoms with van der Waals surface area (Å²) in [6.45, 7) is 8.32. The van der Waals surface area contributed by atoms with Crippen molar-refractivity contribution in [3.05, 3.63) is 52.8 Å². The first kappa shape index (κ1) is 24.0. The van der Waals surface area contributed by atoms with Crippen molar-refractivity contribution >= 4 is 28.5 Å². The molecule has 1 saturated heterocycles. The Bertz CT molecular complexity index is 1480. The third-order valence-corrected chi connectivity index (χ3v) is 8.22. The van der Waals surface area contributed by atoms with Gasteiger partial charge in [-0.05, 0) is 74.9 Å². The Kier molecular flexibility index (Phi) is 5.96. The number of benzene rings is 2. The minimum atomic E-state index is -0.388. The van der Waals surface area contributed by atoms with E-state index in [2.05, 4.69) is 27.1 Å². The van der Waals surface area contributed by atoms with Crippen LogP contribution in [0.15, 0.2) is 36.5 Å². The fourth-order valence-corrected chi connectivity index (χ4v) is 6.01. The Labute approximate surface area is 220 Å². The van der Waals surface area contributed by atoms with Crippen molar-refractivity contribution in [3.63, 3.8) is 0 Å². The number of aryl methyl sites for hydroxylation is 1. The molecule has 37 heavy (non-hydrogen) atoms. The lowest BCUT2D eigenvalue weighted by Gasteiger charge is -2.54. The van der Waals surface area contributed by atoms with E-state index in [1.165, 1.54) is 0 Å². The molecule has 2 aromatic carbocycles. The number of rotatable bonds is 7. The minimum Gasteiger partial charge on any atom is -0.482 e. The van der Waals surface area contributed by atoms with Gasteiger partial charge in [0.15, 0.2) is 6.61 Å². The van der Waals surface area contributed by atoms with Gasteiger partial charge in [-0.3, -0.25) is 9.78 Å². The summed E-state index contributed by atoms with van der Waals surface area (Å²) in [5.41, 5.74) is 7.25. The van der Waals surface area contributed by atoms with Crippen LogP contribution >= 0.6 is 11.6 Å². The lowest BCUT2D eigenvalue weighted by molar-refractivity contribution is -0.145. The second-order valence-corrected chi connectivity index (χ2v) is 10.6. The van der Waals surface area contributed by atoms with E-state index in [0.29, 0.717) is 28.8 Å². The van der Waals surface area contributed by atoms with Crippen molar-refractivity contribution in [2.24, 2.45) is 5.41 Å². The van der Waals surface area contributed by atoms with Gasteiger partial charge in [-0.1, -0.05) is 11.6 Å². The largest absolute Gasteiger partial charge is 0.482 e. The fraction of sp³-hybridized carbons (Fsp3) is 0.393. The van der Waals surface area contributed by atoms with E-state index in [9.17, 15) is 4.79 Å². The summed E-state index contributed by atoms with van der Waals surface area (Å²) in [6.07, 6.45) is 4.09. The number of aromatic nitrogens is 4. The first-order chi connectivity index (χ1) is 17.9. The van der Waals surface area contributed by atoms with Gasteiger partial charge in [0, 0.05) is 40.9 Å². The molecule has 1 saturated carbocycles. The highest BCUT2D eigenvalue weighted by atomic mass is 35.5. The van der Waals surface area contributed by atoms with Gasteiger partial charge < -0.3 is 14.8 Å². The average molecular weight is 520 g/mol. The monoisotopic (exact) mass is 519 g/mol. The van der Waals surface area contributed by atoms with Crippen LogP contribution in [0.2, 0.25) is 5.02 Å². The van der Waals surface area contributed by atoms with Crippen molar-refractivity contribution in [2.45, 2.75) is 39.7 Å². The maximum Gasteiger partial charge on any atom is 0.344 e. The zero-order chi connectivity index (χ0) is 25.7. The van der Waals surface area contributed by atoms with Gasteiger partial charge in [-0.15, -0.1) is 0 Å². The topological polar surface area (TPSA) is 94.1 Å². The Morgan fingerprint density at radius 3 is 2.62 bits per heavy atom. The van der Waals surface area contributed by atoms with E-state index in [0.717, 1.165) is 70.5 Å². The number of nitrogens with zero attached hydrogens (tertiary/aromatic N) is 3. The van der Waals surface area contributed by atoms with Crippen LogP contribution in [0.25, 0.3) is 33.3 Å². The Balaban J connectivity index is 1.42. The summed E-state index contributed by atoms with van der Waals surface area (Å²) in [6, 6.07) is 10.1. The molecule has 192 valence electrons. The van der Waals surface area contributed by atoms with Crippen LogP contribution in [0.3, 0.4) is 0 Å². The van der Waals surface area contributed by atoms with Crippen molar-refractivity contribution in [1.82, 2.24) is 25.3 Å². The van der Waals surface area contributed by atoms with Gasteiger partial charge in [0.2, 0.25) is 0 Å². The van der Waals surface area contributed by atoms with Gasteiger partial charge in [0.05, 0.1) is 29.4 Å². The maximum absolute atomic E-state index is 11.7. The molecule has 0 radical (unpaired) electrons. The molecule has 0 atom stereocenters. The first-order valence-electron chi connectivity index (χ1n) is 12.7. The van der Waals surface area contributed by atoms with Crippen LogP contribution in [0, 0.1) is 19.3 Å². The van der Waals surface area contributed by atoms with E-state index in [4.69, 9.17) is 26.2 Å². The summed E-state index contributed by atoms with van der Waals surface area (Å²) >= 11 is 6.98. The van der Waals surface area contributed by atoms with Crippen molar-refractivity contribution < 1.29 is 14.3 Å². The lowest BCUT2D eigenvalue weighted by atomic mass is 9.61. The van der Waals surface area contributed by atoms with Gasteiger partial charge in [-0.25, -0.2) is 4.79 Å². The number of fused-ring (bicyclic) bond motifs is 1. The first-order valence-corrected chi connectivity index (χ1v) is 13.1. The number of esters is 1. The van der Waals surface area contributed by atoms with Crippen LogP contribution < -0.4 is 10.1 Å². The predicted molar refractivity (Wildman–Crippen MR) is 143 cm³/mol. The number of H-pyrrole nitrogens is 1. The number of halogens is 1. The zero-order valence-electron chi connectivity index (χ0n) is 21.2. The predicted octanol–water partition coefficient (Wildman–Crippen LogP) is 5.23. The number of ether oxygens (including phenoxy) is 2. The number of aromatic amines is 1. The summed E-state index contributed by atoms with van der Waals surface area (Å²) in [5, 5.41) is 17.7. The molecule has 1 spiro atoms. The molecule has 6 rings (SSSR count). The molecule has 3 heterocycles. The molecular formula is C28H30ClN5O3. The summed E-state index contributed by atoms with van der Waals surface area (Å²) in [4.78, 5) is 11.7. The molecule has 0 unspecified atom stereocenters. The van der Waals surface area contributed by atoms with Crippen LogP contribution in [-0.4, -0.2) is 52.3 Å². The van der Waals surface area contributed by atoms with Gasteiger partial charge in [0.1, 0.15) is 11.4 Å². The Hall–Kier alpha value is -3.36. The third-order valence-electron chi connectivity index (χ3n) is 7.74. The van der Waals surface area contributed by atoms with Gasteiger partial charge in [0.25, 0.3) is 0 Å². The van der Waals surface area contributed by atoms with Crippen LogP contribution in [0.5, 0.6) is 5.75 Å². The SMILES string of the molecule is CCOC(=O)COc1ccc(-c2nn(C3CC4(CNC4)C3)c(C)c2-c2c(Cl)c(C)cc3[nH]ncc23)cc1. The smallest absolute Gasteiger partial charge is 0.344 e. The minimum absolute atomic E-state index is 0.123. The summed E-state index contributed by atoms with van der Waals surface area (Å²) in [5.74, 6) is 0.208. The Morgan fingerprint density at radius 2 is 1.95 bits per heavy atom. The molecule has 2 N–H and O–H groups in total. The fourth-order valence-electron chi connectivity index (χ4n) is 5.75. The van der Waals surface area contributed by atoms with Crippen LogP contribution in [0.1, 0.15) is 37.1 Å². The second-order valence-electron chi connectivity index (χ2n) is 10.3. The molecular weight excluding hydrogens is 490 g/mol. The van der Waals surface area contributed by atoms with Crippen LogP contribution in [0.4, 0.5) is 0 Å². The van der Waals surface area contributed by atoms with E-state index in [1.807, 2.05) is 43.5 Å². The molecule has 4 aromatic rings. The molecule has 2 fully saturated rings. The standard InChI is InChI=1S/C28H30ClN5O3/c1-4-36-23(35)13-37-20-7-5-18(6-8-20)27-24(25-21-12-31-32-22(21)9-16(2)26(25)29)17(3)34(33-27)19-10-28(11-19)14-30-15-28/h5-9,12,19,30H,4,10-11,13-15H2,1-3H3,(H,31,32). The molecule has 2 aliphatic rings. The quantitative estimate of drug-likeness (QED) is 0.325. The molecule has 1 aliphatic heterocycles. The van der Waals surface area contributed by atoms with Crippen molar-refractivity contribution in [3.8, 4) is 28.1 Å². The van der Waals surface area contributed by atoms with E-state index >= 15 is 0 Å². The number of hydrogen-bond donors (Lipinski definition) is 2. The highest BCUT2D eigenvalue weighted by Crippen LogP contribution is 2.53. The maximum atomic E-state index is 11.7. The lowest BCUT2D eigenvalue weighted by Crippen LogP contribution is -2.60. The molecule has 9 heteroatoms. The number of hydrogen-bond acceptors (Lipinski definition) is 6. The molecule has 1 aliphatic carbocycles. The molecule has 8 nitrogen and oxygen atoms in total. The highest BCUT2D eigenvalue weighted by molar-refractivity contribution is 6.36. The van der Waals surface area contributed by atoms with E-state index < -0.39 is 0 Å². The summed E-state index contributed by atoms with van der Waals surface area (Å²) < 4.78 is 12.8. The van der Waals surface area contributed by atoms with E-state index in [-0.39, 0.29) is 12.6 Å². The highest BCUT2D eigenvalue weighted by Gasteiger charge is 2.50. The van der Waals surface area contributed by atoms with Crippen LogP contribution in [-0.2, 0) is 9.53 Å². The molecule has 0 bridgehead atoms. The zero-order valence-corrected chi connectivity index (χ0v) is 22.0. The molecule has 0 amide bonds. The van der Waals surface area contributed by atoms with Crippen molar-refractivity contribution in [2.75, 3.05) is 26.3 Å². The van der Waals surface area contributed by atoms with Crippen molar-refractivity contribution in [1.29, 1.82) is 0 Å². The summed E-state index contributed by atoms with van der Waals surface area (Å²) in [7, 11) is 0. The third kappa shape index (κ3) is 4.08. The number of nitrogens with one attached hydrogen (secondary N) is 2. The van der Waals surface area contributed by atoms with Gasteiger partial charge >= 0.3 is 5.97 Å². The molecule has 2 aromatic heterocycles. The van der Waals surface area contributed by atoms with Gasteiger partial charge in [-0.2, -0.15) is 10.2 Å². The number of carbonyl (C=O) groups is 1.